The fourth-order valence-electron chi connectivity index (χ4n) is 3.38. The van der Waals surface area contributed by atoms with E-state index in [4.69, 9.17) is 16.3 Å². The second kappa shape index (κ2) is 9.31. The number of nitrogens with zero attached hydrogens (tertiary/aromatic N) is 5. The van der Waals surface area contributed by atoms with Gasteiger partial charge in [0.25, 0.3) is 15.9 Å². The second-order valence-corrected chi connectivity index (χ2v) is 10.5. The number of morpholine rings is 1. The van der Waals surface area contributed by atoms with Crippen LogP contribution in [0.1, 0.15) is 9.67 Å². The Morgan fingerprint density at radius 1 is 1.06 bits per heavy atom. The molecule has 5 rings (SSSR count). The van der Waals surface area contributed by atoms with Gasteiger partial charge in [0.2, 0.25) is 0 Å². The summed E-state index contributed by atoms with van der Waals surface area (Å²) in [5.41, 5.74) is 2.55. The van der Waals surface area contributed by atoms with E-state index in [9.17, 15) is 13.2 Å². The Bertz CT molecular complexity index is 1470. The molecule has 0 spiro atoms. The lowest BCUT2D eigenvalue weighted by Gasteiger charge is -2.25. The molecule has 0 aliphatic carbocycles. The minimum absolute atomic E-state index is 0.0659. The number of pyridine rings is 1. The zero-order valence-corrected chi connectivity index (χ0v) is 19.9. The summed E-state index contributed by atoms with van der Waals surface area (Å²) in [6.07, 6.45) is 4.51. The maximum absolute atomic E-state index is 12.8. The number of benzene rings is 1. The fourth-order valence-corrected chi connectivity index (χ4v) is 5.88. The molecule has 3 aromatic heterocycles. The summed E-state index contributed by atoms with van der Waals surface area (Å²) in [5.74, 6) is -0.472. The van der Waals surface area contributed by atoms with Gasteiger partial charge in [-0.3, -0.25) is 14.8 Å². The van der Waals surface area contributed by atoms with Crippen LogP contribution in [0, 0.1) is 0 Å². The first kappa shape index (κ1) is 22.7. The SMILES string of the molecule is O=C(Nc1ccc(S(=O)(=O)N2CCOCC2)nc1)c1sc(-c2ccc3nccnc3c2)nc1Cl. The Morgan fingerprint density at radius 2 is 1.82 bits per heavy atom. The van der Waals surface area contributed by atoms with Gasteiger partial charge in [-0.25, -0.2) is 18.4 Å². The van der Waals surface area contributed by atoms with Gasteiger partial charge in [-0.1, -0.05) is 11.6 Å². The van der Waals surface area contributed by atoms with Crippen LogP contribution in [0.15, 0.2) is 53.9 Å². The van der Waals surface area contributed by atoms with Crippen molar-refractivity contribution in [1.82, 2.24) is 24.2 Å². The van der Waals surface area contributed by atoms with Gasteiger partial charge >= 0.3 is 0 Å². The molecule has 1 amide bonds. The smallest absolute Gasteiger partial charge is 0.269 e. The Balaban J connectivity index is 1.33. The maximum Gasteiger partial charge on any atom is 0.269 e. The molecule has 1 fully saturated rings. The summed E-state index contributed by atoms with van der Waals surface area (Å²) < 4.78 is 31.9. The molecule has 0 saturated carbocycles. The van der Waals surface area contributed by atoms with Crippen molar-refractivity contribution >= 4 is 55.6 Å². The number of thiazole rings is 1. The lowest BCUT2D eigenvalue weighted by molar-refractivity contribution is 0.0729. The minimum atomic E-state index is -3.72. The van der Waals surface area contributed by atoms with Gasteiger partial charge in [0.15, 0.2) is 10.2 Å². The van der Waals surface area contributed by atoms with E-state index >= 15 is 0 Å². The first-order valence-electron chi connectivity index (χ1n) is 10.1. The monoisotopic (exact) mass is 516 g/mol. The summed E-state index contributed by atoms with van der Waals surface area (Å²) in [5, 5.41) is 3.22. The number of carbonyl (C=O) groups is 1. The number of aromatic nitrogens is 4. The van der Waals surface area contributed by atoms with Gasteiger partial charge in [-0.05, 0) is 30.3 Å². The van der Waals surface area contributed by atoms with E-state index in [0.717, 1.165) is 22.4 Å². The highest BCUT2D eigenvalue weighted by molar-refractivity contribution is 7.89. The highest BCUT2D eigenvalue weighted by Gasteiger charge is 2.27. The second-order valence-electron chi connectivity index (χ2n) is 7.25. The number of amides is 1. The van der Waals surface area contributed by atoms with Crippen molar-refractivity contribution in [2.45, 2.75) is 5.03 Å². The number of rotatable bonds is 5. The number of sulfonamides is 1. The highest BCUT2D eigenvalue weighted by Crippen LogP contribution is 2.32. The van der Waals surface area contributed by atoms with Crippen LogP contribution in [-0.2, 0) is 14.8 Å². The first-order valence-corrected chi connectivity index (χ1v) is 12.8. The summed E-state index contributed by atoms with van der Waals surface area (Å²) in [4.78, 5) is 29.9. The van der Waals surface area contributed by atoms with Gasteiger partial charge in [0.05, 0.1) is 36.1 Å². The Kier molecular flexibility index (Phi) is 6.23. The van der Waals surface area contributed by atoms with Crippen molar-refractivity contribution in [3.63, 3.8) is 0 Å². The predicted octanol–water partition coefficient (Wildman–Crippen LogP) is 3.07. The quantitative estimate of drug-likeness (QED) is 0.428. The summed E-state index contributed by atoms with van der Waals surface area (Å²) in [6, 6.07) is 8.33. The summed E-state index contributed by atoms with van der Waals surface area (Å²) in [6.45, 7) is 1.24. The Labute approximate surface area is 203 Å². The van der Waals surface area contributed by atoms with Crippen LogP contribution in [-0.4, -0.2) is 64.9 Å². The third-order valence-corrected chi connectivity index (χ3v) is 8.38. The molecule has 10 nitrogen and oxygen atoms in total. The number of hydrogen-bond acceptors (Lipinski definition) is 9. The molecule has 0 unspecified atom stereocenters. The number of anilines is 1. The van der Waals surface area contributed by atoms with Crippen LogP contribution in [0.5, 0.6) is 0 Å². The van der Waals surface area contributed by atoms with Gasteiger partial charge in [0, 0.05) is 31.0 Å². The molecule has 4 aromatic rings. The molecular weight excluding hydrogens is 500 g/mol. The number of ether oxygens (including phenoxy) is 1. The van der Waals surface area contributed by atoms with Crippen LogP contribution in [0.25, 0.3) is 21.6 Å². The van der Waals surface area contributed by atoms with E-state index in [1.54, 1.807) is 12.4 Å². The number of hydrogen-bond donors (Lipinski definition) is 1. The molecule has 174 valence electrons. The predicted molar refractivity (Wildman–Crippen MR) is 127 cm³/mol. The van der Waals surface area contributed by atoms with E-state index in [-0.39, 0.29) is 28.1 Å². The minimum Gasteiger partial charge on any atom is -0.379 e. The third-order valence-electron chi connectivity index (χ3n) is 5.08. The largest absolute Gasteiger partial charge is 0.379 e. The van der Waals surface area contributed by atoms with E-state index < -0.39 is 15.9 Å². The molecule has 13 heteroatoms. The van der Waals surface area contributed by atoms with Crippen molar-refractivity contribution in [3.05, 3.63) is 59.0 Å². The molecule has 1 aliphatic rings. The van der Waals surface area contributed by atoms with E-state index in [2.05, 4.69) is 25.3 Å². The molecular formula is C21H17ClN6O4S2. The molecule has 4 heterocycles. The van der Waals surface area contributed by atoms with Crippen molar-refractivity contribution in [2.24, 2.45) is 0 Å². The highest BCUT2D eigenvalue weighted by atomic mass is 35.5. The first-order chi connectivity index (χ1) is 16.4. The van der Waals surface area contributed by atoms with Crippen molar-refractivity contribution < 1.29 is 17.9 Å². The lowest BCUT2D eigenvalue weighted by Crippen LogP contribution is -2.40. The number of nitrogens with one attached hydrogen (secondary N) is 1. The number of fused-ring (bicyclic) bond motifs is 1. The molecule has 0 radical (unpaired) electrons. The summed E-state index contributed by atoms with van der Waals surface area (Å²) >= 11 is 7.38. The Hall–Kier alpha value is -3.03. The van der Waals surface area contributed by atoms with Crippen molar-refractivity contribution in [1.29, 1.82) is 0 Å². The molecule has 34 heavy (non-hydrogen) atoms. The average molecular weight is 517 g/mol. The fraction of sp³-hybridized carbons (Fsp3) is 0.190. The zero-order valence-electron chi connectivity index (χ0n) is 17.5. The molecule has 0 atom stereocenters. The van der Waals surface area contributed by atoms with Gasteiger partial charge in [0.1, 0.15) is 9.88 Å². The lowest BCUT2D eigenvalue weighted by atomic mass is 10.2. The standard InChI is InChI=1S/C21H17ClN6O4S2/c22-19-18(33-21(27-19)13-1-3-15-16(11-13)24-6-5-23-15)20(29)26-14-2-4-17(25-12-14)34(30,31)28-7-9-32-10-8-28/h1-6,11-12H,7-10H2,(H,26,29). The van der Waals surface area contributed by atoms with Gasteiger partial charge < -0.3 is 10.1 Å². The van der Waals surface area contributed by atoms with Crippen LogP contribution in [0.3, 0.4) is 0 Å². The topological polar surface area (TPSA) is 127 Å². The van der Waals surface area contributed by atoms with Crippen molar-refractivity contribution in [3.8, 4) is 10.6 Å². The van der Waals surface area contributed by atoms with Crippen LogP contribution >= 0.6 is 22.9 Å². The molecule has 1 aromatic carbocycles. The maximum atomic E-state index is 12.8. The van der Waals surface area contributed by atoms with Gasteiger partial charge in [-0.15, -0.1) is 11.3 Å². The zero-order chi connectivity index (χ0) is 23.7. The molecule has 1 saturated heterocycles. The van der Waals surface area contributed by atoms with Crippen LogP contribution in [0.4, 0.5) is 5.69 Å². The number of carbonyl (C=O) groups excluding carboxylic acids is 1. The van der Waals surface area contributed by atoms with E-state index in [1.807, 2.05) is 18.2 Å². The third kappa shape index (κ3) is 4.50. The normalized spacial score (nSPS) is 14.9. The Morgan fingerprint density at radius 3 is 2.56 bits per heavy atom. The average Bonchev–Trinajstić information content (AvgIpc) is 3.26. The summed E-state index contributed by atoms with van der Waals surface area (Å²) in [7, 11) is -3.72. The van der Waals surface area contributed by atoms with Gasteiger partial charge in [-0.2, -0.15) is 4.31 Å². The van der Waals surface area contributed by atoms with Crippen LogP contribution < -0.4 is 5.32 Å². The van der Waals surface area contributed by atoms with Crippen molar-refractivity contribution in [2.75, 3.05) is 31.6 Å². The number of halogens is 1. The van der Waals surface area contributed by atoms with Crippen LogP contribution in [0.2, 0.25) is 5.15 Å². The molecule has 0 bridgehead atoms. The molecule has 1 aliphatic heterocycles. The molecule has 1 N–H and O–H groups in total. The van der Waals surface area contributed by atoms with E-state index in [0.29, 0.717) is 29.4 Å². The van der Waals surface area contributed by atoms with E-state index in [1.165, 1.54) is 22.6 Å².